The van der Waals surface area contributed by atoms with E-state index in [1.165, 1.54) is 6.92 Å². The Kier molecular flexibility index (Phi) is 5.24. The smallest absolute Gasteiger partial charge is 0.274 e. The van der Waals surface area contributed by atoms with Crippen molar-refractivity contribution in [3.63, 3.8) is 0 Å². The van der Waals surface area contributed by atoms with Crippen LogP contribution in [-0.2, 0) is 4.79 Å². The second-order valence-electron chi connectivity index (χ2n) is 5.64. The van der Waals surface area contributed by atoms with E-state index in [2.05, 4.69) is 20.9 Å². The van der Waals surface area contributed by atoms with E-state index in [9.17, 15) is 9.59 Å². The molecule has 0 aliphatic rings. The van der Waals surface area contributed by atoms with Gasteiger partial charge in [-0.15, -0.1) is 0 Å². The van der Waals surface area contributed by atoms with E-state index in [0.717, 1.165) is 11.4 Å². The number of hydrogen-bond acceptors (Lipinski definition) is 4. The molecule has 0 radical (unpaired) electrons. The Morgan fingerprint density at radius 1 is 0.769 bits per heavy atom. The van der Waals surface area contributed by atoms with E-state index in [4.69, 9.17) is 0 Å². The molecule has 0 saturated carbocycles. The number of benzene rings is 2. The lowest BCUT2D eigenvalue weighted by atomic mass is 10.2. The van der Waals surface area contributed by atoms with E-state index < -0.39 is 0 Å². The summed E-state index contributed by atoms with van der Waals surface area (Å²) >= 11 is 0. The fourth-order valence-electron chi connectivity index (χ4n) is 2.39. The summed E-state index contributed by atoms with van der Waals surface area (Å²) in [4.78, 5) is 27.6. The summed E-state index contributed by atoms with van der Waals surface area (Å²) in [5.74, 6) is -0.419. The number of amides is 2. The average molecular weight is 346 g/mol. The molecule has 1 heterocycles. The lowest BCUT2D eigenvalue weighted by Gasteiger charge is -2.10. The third-order valence-electron chi connectivity index (χ3n) is 3.50. The molecule has 0 bridgehead atoms. The Labute approximate surface area is 151 Å². The van der Waals surface area contributed by atoms with E-state index in [1.54, 1.807) is 24.4 Å². The summed E-state index contributed by atoms with van der Waals surface area (Å²) in [7, 11) is 0. The Morgan fingerprint density at radius 3 is 2.23 bits per heavy atom. The van der Waals surface area contributed by atoms with Gasteiger partial charge in [0.2, 0.25) is 5.91 Å². The van der Waals surface area contributed by atoms with Gasteiger partial charge in [0, 0.05) is 35.9 Å². The maximum Gasteiger partial charge on any atom is 0.274 e. The van der Waals surface area contributed by atoms with Gasteiger partial charge in [-0.25, -0.2) is 0 Å². The standard InChI is InChI=1S/C20H18N4O2/c1-14(25)22-16-8-5-9-17(12-16)23-18-10-11-21-19(13-18)20(26)24-15-6-3-2-4-7-15/h2-13H,1H3,(H,21,23)(H,22,25)(H,24,26). The Morgan fingerprint density at radius 2 is 1.46 bits per heavy atom. The number of rotatable bonds is 5. The molecule has 3 N–H and O–H groups in total. The van der Waals surface area contributed by atoms with Crippen LogP contribution in [0.2, 0.25) is 0 Å². The molecular formula is C20H18N4O2. The summed E-state index contributed by atoms with van der Waals surface area (Å²) in [6, 6.07) is 20.0. The molecule has 6 heteroatoms. The summed E-state index contributed by atoms with van der Waals surface area (Å²) in [6.07, 6.45) is 1.57. The highest BCUT2D eigenvalue weighted by Gasteiger charge is 2.08. The summed E-state index contributed by atoms with van der Waals surface area (Å²) in [6.45, 7) is 1.46. The zero-order valence-corrected chi connectivity index (χ0v) is 14.2. The number of anilines is 4. The molecule has 26 heavy (non-hydrogen) atoms. The second-order valence-corrected chi connectivity index (χ2v) is 5.64. The zero-order valence-electron chi connectivity index (χ0n) is 14.2. The maximum atomic E-state index is 12.3. The van der Waals surface area contributed by atoms with Crippen LogP contribution in [0.5, 0.6) is 0 Å². The Hall–Kier alpha value is -3.67. The van der Waals surface area contributed by atoms with Crippen molar-refractivity contribution in [2.45, 2.75) is 6.92 Å². The maximum absolute atomic E-state index is 12.3. The van der Waals surface area contributed by atoms with Crippen LogP contribution in [0.3, 0.4) is 0 Å². The Bertz CT molecular complexity index is 926. The predicted molar refractivity (Wildman–Crippen MR) is 103 cm³/mol. The van der Waals surface area contributed by atoms with Crippen molar-refractivity contribution in [3.05, 3.63) is 78.6 Å². The van der Waals surface area contributed by atoms with E-state index in [-0.39, 0.29) is 11.8 Å². The quantitative estimate of drug-likeness (QED) is 0.651. The number of nitrogens with zero attached hydrogens (tertiary/aromatic N) is 1. The first kappa shape index (κ1) is 17.2. The Balaban J connectivity index is 1.73. The molecule has 0 aliphatic heterocycles. The number of carbonyl (C=O) groups is 2. The SMILES string of the molecule is CC(=O)Nc1cccc(Nc2ccnc(C(=O)Nc3ccccc3)c2)c1. The number of aromatic nitrogens is 1. The van der Waals surface area contributed by atoms with Crippen molar-refractivity contribution in [2.75, 3.05) is 16.0 Å². The predicted octanol–water partition coefficient (Wildman–Crippen LogP) is 4.04. The van der Waals surface area contributed by atoms with Crippen LogP contribution in [0.25, 0.3) is 0 Å². The zero-order chi connectivity index (χ0) is 18.4. The van der Waals surface area contributed by atoms with Crippen LogP contribution < -0.4 is 16.0 Å². The van der Waals surface area contributed by atoms with Gasteiger partial charge in [0.1, 0.15) is 5.69 Å². The van der Waals surface area contributed by atoms with Crippen LogP contribution in [0, 0.1) is 0 Å². The highest BCUT2D eigenvalue weighted by Crippen LogP contribution is 2.20. The molecule has 3 aromatic rings. The fraction of sp³-hybridized carbons (Fsp3) is 0.0500. The van der Waals surface area contributed by atoms with Crippen LogP contribution >= 0.6 is 0 Å². The van der Waals surface area contributed by atoms with Gasteiger partial charge in [-0.2, -0.15) is 0 Å². The number of pyridine rings is 1. The number of carbonyl (C=O) groups excluding carboxylic acids is 2. The molecule has 0 aliphatic carbocycles. The van der Waals surface area contributed by atoms with E-state index in [0.29, 0.717) is 17.1 Å². The van der Waals surface area contributed by atoms with Gasteiger partial charge in [0.25, 0.3) is 5.91 Å². The molecule has 0 unspecified atom stereocenters. The molecule has 0 spiro atoms. The highest BCUT2D eigenvalue weighted by molar-refractivity contribution is 6.03. The first-order chi connectivity index (χ1) is 12.6. The van der Waals surface area contributed by atoms with Gasteiger partial charge < -0.3 is 16.0 Å². The molecule has 0 atom stereocenters. The van der Waals surface area contributed by atoms with Gasteiger partial charge in [-0.3, -0.25) is 14.6 Å². The lowest BCUT2D eigenvalue weighted by Crippen LogP contribution is -2.13. The molecule has 2 aromatic carbocycles. The van der Waals surface area contributed by atoms with Crippen LogP contribution in [0.15, 0.2) is 72.9 Å². The molecule has 0 fully saturated rings. The van der Waals surface area contributed by atoms with Gasteiger partial charge >= 0.3 is 0 Å². The third-order valence-corrected chi connectivity index (χ3v) is 3.50. The van der Waals surface area contributed by atoms with E-state index in [1.807, 2.05) is 48.5 Å². The monoisotopic (exact) mass is 346 g/mol. The molecule has 1 aromatic heterocycles. The molecule has 3 rings (SSSR count). The normalized spacial score (nSPS) is 10.0. The van der Waals surface area contributed by atoms with Gasteiger partial charge in [-0.05, 0) is 42.5 Å². The van der Waals surface area contributed by atoms with Gasteiger partial charge in [-0.1, -0.05) is 24.3 Å². The number of nitrogens with one attached hydrogen (secondary N) is 3. The fourth-order valence-corrected chi connectivity index (χ4v) is 2.39. The van der Waals surface area contributed by atoms with Gasteiger partial charge in [0.05, 0.1) is 0 Å². The third kappa shape index (κ3) is 4.67. The minimum absolute atomic E-state index is 0.133. The topological polar surface area (TPSA) is 83.1 Å². The van der Waals surface area contributed by atoms with Crippen molar-refractivity contribution in [1.29, 1.82) is 0 Å². The molecule has 6 nitrogen and oxygen atoms in total. The summed E-state index contributed by atoms with van der Waals surface area (Å²) < 4.78 is 0. The molecule has 0 saturated heterocycles. The van der Waals surface area contributed by atoms with Crippen LogP contribution in [0.4, 0.5) is 22.7 Å². The van der Waals surface area contributed by atoms with Crippen molar-refractivity contribution < 1.29 is 9.59 Å². The molecule has 2 amide bonds. The largest absolute Gasteiger partial charge is 0.355 e. The van der Waals surface area contributed by atoms with Crippen molar-refractivity contribution in [3.8, 4) is 0 Å². The summed E-state index contributed by atoms with van der Waals surface area (Å²) in [5, 5.41) is 8.74. The first-order valence-electron chi connectivity index (χ1n) is 8.07. The number of hydrogen-bond donors (Lipinski definition) is 3. The first-order valence-corrected chi connectivity index (χ1v) is 8.07. The number of para-hydroxylation sites is 1. The van der Waals surface area contributed by atoms with Crippen molar-refractivity contribution in [1.82, 2.24) is 4.98 Å². The lowest BCUT2D eigenvalue weighted by molar-refractivity contribution is -0.114. The minimum Gasteiger partial charge on any atom is -0.355 e. The highest BCUT2D eigenvalue weighted by atomic mass is 16.2. The van der Waals surface area contributed by atoms with E-state index >= 15 is 0 Å². The van der Waals surface area contributed by atoms with Crippen molar-refractivity contribution in [2.24, 2.45) is 0 Å². The van der Waals surface area contributed by atoms with Gasteiger partial charge in [0.15, 0.2) is 0 Å². The van der Waals surface area contributed by atoms with Crippen LogP contribution in [-0.4, -0.2) is 16.8 Å². The molecular weight excluding hydrogens is 328 g/mol. The molecule has 130 valence electrons. The van der Waals surface area contributed by atoms with Crippen molar-refractivity contribution >= 4 is 34.6 Å². The minimum atomic E-state index is -0.285. The summed E-state index contributed by atoms with van der Waals surface area (Å²) in [5.41, 5.74) is 3.21. The average Bonchev–Trinajstić information content (AvgIpc) is 2.62. The second kappa shape index (κ2) is 7.94. The van der Waals surface area contributed by atoms with Crippen LogP contribution in [0.1, 0.15) is 17.4 Å².